The Balaban J connectivity index is 1.88. The molecule has 0 bridgehead atoms. The van der Waals surface area contributed by atoms with Crippen molar-refractivity contribution in [3.63, 3.8) is 0 Å². The van der Waals surface area contributed by atoms with Crippen LogP contribution in [-0.4, -0.2) is 78.2 Å². The Kier molecular flexibility index (Phi) is 5.05. The monoisotopic (exact) mass is 298 g/mol. The maximum absolute atomic E-state index is 12.3. The lowest BCUT2D eigenvalue weighted by molar-refractivity contribution is -0.148. The van der Waals surface area contributed by atoms with E-state index in [2.05, 4.69) is 17.4 Å². The van der Waals surface area contributed by atoms with Crippen molar-refractivity contribution in [2.24, 2.45) is 5.41 Å². The second-order valence-electron chi connectivity index (χ2n) is 6.21. The van der Waals surface area contributed by atoms with Crippen LogP contribution in [0.15, 0.2) is 0 Å². The Morgan fingerprint density at radius 3 is 2.43 bits per heavy atom. The molecule has 0 saturated carbocycles. The molecule has 2 aliphatic rings. The van der Waals surface area contributed by atoms with Gasteiger partial charge in [0.15, 0.2) is 0 Å². The van der Waals surface area contributed by atoms with E-state index in [9.17, 15) is 14.7 Å². The number of carboxylic acids is 1. The number of piperazine rings is 1. The number of carbonyl (C=O) groups is 2. The molecule has 2 fully saturated rings. The van der Waals surface area contributed by atoms with Gasteiger partial charge < -0.3 is 14.9 Å². The summed E-state index contributed by atoms with van der Waals surface area (Å²) in [5.41, 5.74) is 2.15. The fourth-order valence-electron chi connectivity index (χ4n) is 3.13. The third-order valence-electron chi connectivity index (χ3n) is 4.58. The highest BCUT2D eigenvalue weighted by Gasteiger charge is 2.45. The molecule has 0 spiro atoms. The summed E-state index contributed by atoms with van der Waals surface area (Å²) in [4.78, 5) is 27.7. The lowest BCUT2D eigenvalue weighted by Gasteiger charge is -2.33. The van der Waals surface area contributed by atoms with Crippen molar-refractivity contribution < 1.29 is 14.7 Å². The molecule has 2 N–H and O–H groups in total. The minimum atomic E-state index is -0.778. The highest BCUT2D eigenvalue weighted by molar-refractivity contribution is 5.79. The van der Waals surface area contributed by atoms with Crippen LogP contribution in [0.1, 0.15) is 26.2 Å². The summed E-state index contributed by atoms with van der Waals surface area (Å²) in [5, 5.41) is 11.4. The number of carbonyl (C=O) groups excluding carboxylic acids is 1. The SMILES string of the molecule is CCCC1(C(=O)O)CCN(C(=O)NN2CCN(C)CC2)C1. The van der Waals surface area contributed by atoms with Gasteiger partial charge in [-0.2, -0.15) is 0 Å². The number of carboxylic acid groups (broad SMARTS) is 1. The molecular weight excluding hydrogens is 272 g/mol. The summed E-state index contributed by atoms with van der Waals surface area (Å²) < 4.78 is 0. The highest BCUT2D eigenvalue weighted by Crippen LogP contribution is 2.35. The second-order valence-corrected chi connectivity index (χ2v) is 6.21. The zero-order chi connectivity index (χ0) is 15.5. The van der Waals surface area contributed by atoms with Crippen LogP contribution in [0.2, 0.25) is 0 Å². The van der Waals surface area contributed by atoms with Gasteiger partial charge in [0, 0.05) is 39.3 Å². The summed E-state index contributed by atoms with van der Waals surface area (Å²) >= 11 is 0. The van der Waals surface area contributed by atoms with Gasteiger partial charge >= 0.3 is 12.0 Å². The number of likely N-dealkylation sites (N-methyl/N-ethyl adjacent to an activating group) is 1. The summed E-state index contributed by atoms with van der Waals surface area (Å²) in [5.74, 6) is -0.778. The zero-order valence-corrected chi connectivity index (χ0v) is 13.0. The van der Waals surface area contributed by atoms with E-state index < -0.39 is 11.4 Å². The molecule has 1 atom stereocenters. The molecule has 2 amide bonds. The average Bonchev–Trinajstić information content (AvgIpc) is 2.88. The van der Waals surface area contributed by atoms with Gasteiger partial charge in [-0.1, -0.05) is 13.3 Å². The van der Waals surface area contributed by atoms with E-state index in [-0.39, 0.29) is 6.03 Å². The Labute approximate surface area is 125 Å². The molecule has 1 unspecified atom stereocenters. The summed E-state index contributed by atoms with van der Waals surface area (Å²) in [6.45, 7) is 6.27. The summed E-state index contributed by atoms with van der Waals surface area (Å²) in [6, 6.07) is -0.168. The number of likely N-dealkylation sites (tertiary alicyclic amines) is 1. The number of amides is 2. The van der Waals surface area contributed by atoms with Crippen molar-refractivity contribution in [2.75, 3.05) is 46.3 Å². The molecule has 7 nitrogen and oxygen atoms in total. The van der Waals surface area contributed by atoms with Crippen molar-refractivity contribution in [1.29, 1.82) is 0 Å². The van der Waals surface area contributed by atoms with Gasteiger partial charge in [0.2, 0.25) is 0 Å². The van der Waals surface area contributed by atoms with Crippen LogP contribution in [0.3, 0.4) is 0 Å². The molecule has 2 aliphatic heterocycles. The first-order valence-electron chi connectivity index (χ1n) is 7.69. The van der Waals surface area contributed by atoms with Gasteiger partial charge in [0.05, 0.1) is 5.41 Å². The van der Waals surface area contributed by atoms with Crippen LogP contribution in [0, 0.1) is 5.41 Å². The molecule has 2 saturated heterocycles. The van der Waals surface area contributed by atoms with Crippen LogP contribution < -0.4 is 5.43 Å². The Hall–Kier alpha value is -1.34. The number of hydrogen-bond acceptors (Lipinski definition) is 4. The van der Waals surface area contributed by atoms with Crippen molar-refractivity contribution >= 4 is 12.0 Å². The largest absolute Gasteiger partial charge is 0.481 e. The van der Waals surface area contributed by atoms with Crippen LogP contribution in [0.25, 0.3) is 0 Å². The lowest BCUT2D eigenvalue weighted by Crippen LogP contribution is -2.55. The molecular formula is C14H26N4O3. The predicted molar refractivity (Wildman–Crippen MR) is 78.8 cm³/mol. The summed E-state index contributed by atoms with van der Waals surface area (Å²) in [7, 11) is 2.06. The Morgan fingerprint density at radius 2 is 1.86 bits per heavy atom. The molecule has 0 radical (unpaired) electrons. The fraction of sp³-hybridized carbons (Fsp3) is 0.857. The molecule has 0 aliphatic carbocycles. The molecule has 2 rings (SSSR count). The van der Waals surface area contributed by atoms with Crippen LogP contribution in [0.4, 0.5) is 4.79 Å². The maximum Gasteiger partial charge on any atom is 0.331 e. The minimum Gasteiger partial charge on any atom is -0.481 e. The molecule has 0 aromatic heterocycles. The van der Waals surface area contributed by atoms with E-state index >= 15 is 0 Å². The Morgan fingerprint density at radius 1 is 1.19 bits per heavy atom. The number of nitrogens with one attached hydrogen (secondary N) is 1. The van der Waals surface area contributed by atoms with Gasteiger partial charge in [-0.15, -0.1) is 0 Å². The molecule has 0 aromatic carbocycles. The second kappa shape index (κ2) is 6.62. The third kappa shape index (κ3) is 3.65. The number of rotatable bonds is 4. The third-order valence-corrected chi connectivity index (χ3v) is 4.58. The van der Waals surface area contributed by atoms with Crippen LogP contribution in [-0.2, 0) is 4.79 Å². The van der Waals surface area contributed by atoms with Crippen molar-refractivity contribution in [1.82, 2.24) is 20.2 Å². The predicted octanol–water partition coefficient (Wildman–Crippen LogP) is 0.435. The number of aliphatic carboxylic acids is 1. The van der Waals surface area contributed by atoms with Crippen molar-refractivity contribution in [3.05, 3.63) is 0 Å². The standard InChI is InChI=1S/C14H26N4O3/c1-3-4-14(12(19)20)5-6-17(11-14)13(21)15-18-9-7-16(2)8-10-18/h3-11H2,1-2H3,(H,15,21)(H,19,20). The van der Waals surface area contributed by atoms with Gasteiger partial charge in [-0.3, -0.25) is 10.2 Å². The van der Waals surface area contributed by atoms with Gasteiger partial charge in [0.25, 0.3) is 0 Å². The van der Waals surface area contributed by atoms with Crippen molar-refractivity contribution in [2.45, 2.75) is 26.2 Å². The molecule has 120 valence electrons. The van der Waals surface area contributed by atoms with Crippen molar-refractivity contribution in [3.8, 4) is 0 Å². The van der Waals surface area contributed by atoms with E-state index in [1.165, 1.54) is 0 Å². The van der Waals surface area contributed by atoms with E-state index in [1.807, 2.05) is 11.9 Å². The Bertz CT molecular complexity index is 396. The molecule has 7 heteroatoms. The first-order chi connectivity index (χ1) is 9.97. The zero-order valence-electron chi connectivity index (χ0n) is 13.0. The molecule has 0 aromatic rings. The first-order valence-corrected chi connectivity index (χ1v) is 7.69. The smallest absolute Gasteiger partial charge is 0.331 e. The molecule has 21 heavy (non-hydrogen) atoms. The van der Waals surface area contributed by atoms with E-state index in [4.69, 9.17) is 0 Å². The van der Waals surface area contributed by atoms with Crippen LogP contribution >= 0.6 is 0 Å². The topological polar surface area (TPSA) is 76.1 Å². The van der Waals surface area contributed by atoms with Gasteiger partial charge in [-0.25, -0.2) is 9.80 Å². The first kappa shape index (κ1) is 16.0. The quantitative estimate of drug-likeness (QED) is 0.787. The van der Waals surface area contributed by atoms with E-state index in [0.717, 1.165) is 32.6 Å². The summed E-state index contributed by atoms with van der Waals surface area (Å²) in [6.07, 6.45) is 1.99. The van der Waals surface area contributed by atoms with E-state index in [1.54, 1.807) is 4.90 Å². The van der Waals surface area contributed by atoms with Gasteiger partial charge in [-0.05, 0) is 19.9 Å². The highest BCUT2D eigenvalue weighted by atomic mass is 16.4. The lowest BCUT2D eigenvalue weighted by atomic mass is 9.83. The number of nitrogens with zero attached hydrogens (tertiary/aromatic N) is 3. The maximum atomic E-state index is 12.3. The van der Waals surface area contributed by atoms with E-state index in [0.29, 0.717) is 25.9 Å². The normalized spacial score (nSPS) is 27.8. The minimum absolute atomic E-state index is 0.168. The number of urea groups is 1. The van der Waals surface area contributed by atoms with Gasteiger partial charge in [0.1, 0.15) is 0 Å². The molecule has 2 heterocycles. The average molecular weight is 298 g/mol. The fourth-order valence-corrected chi connectivity index (χ4v) is 3.13. The number of hydrazine groups is 1. The number of hydrogen-bond donors (Lipinski definition) is 2. The van der Waals surface area contributed by atoms with Crippen LogP contribution in [0.5, 0.6) is 0 Å².